The number of anilines is 1. The van der Waals surface area contributed by atoms with Crippen LogP contribution in [0.5, 0.6) is 0 Å². The predicted molar refractivity (Wildman–Crippen MR) is 89.3 cm³/mol. The van der Waals surface area contributed by atoms with Crippen LogP contribution in [0, 0.1) is 5.92 Å². The number of fused-ring (bicyclic) bond motifs is 2. The van der Waals surface area contributed by atoms with Crippen molar-refractivity contribution in [2.24, 2.45) is 5.92 Å². The number of hydrogen-bond acceptors (Lipinski definition) is 6. The molecular formula is C15H20N4S2. The summed E-state index contributed by atoms with van der Waals surface area (Å²) in [6, 6.07) is 0.686. The van der Waals surface area contributed by atoms with Gasteiger partial charge in [0.25, 0.3) is 0 Å². The van der Waals surface area contributed by atoms with Crippen molar-refractivity contribution in [3.8, 4) is 0 Å². The van der Waals surface area contributed by atoms with E-state index < -0.39 is 0 Å². The lowest BCUT2D eigenvalue weighted by Gasteiger charge is -2.44. The van der Waals surface area contributed by atoms with Crippen LogP contribution >= 0.6 is 23.1 Å². The Morgan fingerprint density at radius 3 is 2.95 bits per heavy atom. The third-order valence-corrected chi connectivity index (χ3v) is 6.87. The average molecular weight is 320 g/mol. The van der Waals surface area contributed by atoms with Crippen LogP contribution in [0.4, 0.5) is 5.82 Å². The van der Waals surface area contributed by atoms with Gasteiger partial charge in [0, 0.05) is 12.6 Å². The second-order valence-corrected chi connectivity index (χ2v) is 8.03. The smallest absolute Gasteiger partial charge is 0.176 e. The van der Waals surface area contributed by atoms with Crippen LogP contribution in [0.15, 0.2) is 10.7 Å². The van der Waals surface area contributed by atoms with E-state index in [0.29, 0.717) is 6.04 Å². The molecule has 0 radical (unpaired) electrons. The molecule has 2 aromatic heterocycles. The fourth-order valence-corrected chi connectivity index (χ4v) is 5.42. The van der Waals surface area contributed by atoms with E-state index in [4.69, 9.17) is 0 Å². The molecule has 2 aromatic rings. The van der Waals surface area contributed by atoms with E-state index in [0.717, 1.165) is 28.3 Å². The topological polar surface area (TPSA) is 41.9 Å². The van der Waals surface area contributed by atoms with Crippen molar-refractivity contribution >= 4 is 39.3 Å². The summed E-state index contributed by atoms with van der Waals surface area (Å²) in [7, 11) is 0. The van der Waals surface area contributed by atoms with Gasteiger partial charge < -0.3 is 4.90 Å². The molecule has 1 saturated heterocycles. The summed E-state index contributed by atoms with van der Waals surface area (Å²) in [5, 5.41) is 0. The molecule has 1 saturated carbocycles. The lowest BCUT2D eigenvalue weighted by molar-refractivity contribution is 0.243. The van der Waals surface area contributed by atoms with Gasteiger partial charge in [0.15, 0.2) is 15.8 Å². The van der Waals surface area contributed by atoms with Gasteiger partial charge in [-0.25, -0.2) is 15.0 Å². The molecule has 2 atom stereocenters. The predicted octanol–water partition coefficient (Wildman–Crippen LogP) is 3.97. The molecule has 0 bridgehead atoms. The Labute approximate surface area is 133 Å². The van der Waals surface area contributed by atoms with Gasteiger partial charge in [0.2, 0.25) is 0 Å². The van der Waals surface area contributed by atoms with Crippen LogP contribution in [-0.2, 0) is 0 Å². The maximum absolute atomic E-state index is 4.65. The Morgan fingerprint density at radius 2 is 2.05 bits per heavy atom. The normalized spacial score (nSPS) is 26.0. The van der Waals surface area contributed by atoms with Crippen LogP contribution in [0.1, 0.15) is 38.5 Å². The molecular weight excluding hydrogens is 300 g/mol. The van der Waals surface area contributed by atoms with Crippen LogP contribution in [0.2, 0.25) is 0 Å². The number of nitrogens with zero attached hydrogens (tertiary/aromatic N) is 4. The van der Waals surface area contributed by atoms with E-state index in [2.05, 4.69) is 26.1 Å². The lowest BCUT2D eigenvalue weighted by Crippen LogP contribution is -2.47. The molecule has 4 rings (SSSR count). The largest absolute Gasteiger partial charge is 0.352 e. The molecule has 2 fully saturated rings. The highest BCUT2D eigenvalue weighted by atomic mass is 32.2. The first-order chi connectivity index (χ1) is 10.4. The summed E-state index contributed by atoms with van der Waals surface area (Å²) < 4.78 is 2.26. The van der Waals surface area contributed by atoms with Crippen molar-refractivity contribution in [3.05, 3.63) is 6.33 Å². The van der Waals surface area contributed by atoms with E-state index in [9.17, 15) is 0 Å². The fraction of sp³-hybridized carbons (Fsp3) is 0.667. The summed E-state index contributed by atoms with van der Waals surface area (Å²) in [4.78, 5) is 16.2. The number of hydrogen-bond donors (Lipinski definition) is 0. The zero-order valence-electron chi connectivity index (χ0n) is 12.3. The van der Waals surface area contributed by atoms with E-state index in [1.165, 1.54) is 43.2 Å². The minimum atomic E-state index is 0.686. The van der Waals surface area contributed by atoms with Crippen LogP contribution in [0.25, 0.3) is 10.3 Å². The fourth-order valence-electron chi connectivity index (χ4n) is 3.90. The number of aromatic nitrogens is 3. The van der Waals surface area contributed by atoms with E-state index in [-0.39, 0.29) is 0 Å². The molecule has 0 aromatic carbocycles. The molecule has 112 valence electrons. The molecule has 4 nitrogen and oxygen atoms in total. The molecule has 0 spiro atoms. The first-order valence-corrected chi connectivity index (χ1v) is 9.83. The molecule has 6 heteroatoms. The van der Waals surface area contributed by atoms with Gasteiger partial charge in [-0.1, -0.05) is 24.6 Å². The SMILES string of the molecule is CSc1nc2ncnc(N3CCCC4CCCCC43)c2s1. The van der Waals surface area contributed by atoms with Gasteiger partial charge in [-0.2, -0.15) is 0 Å². The van der Waals surface area contributed by atoms with Crippen molar-refractivity contribution in [1.29, 1.82) is 0 Å². The second kappa shape index (κ2) is 5.72. The Kier molecular flexibility index (Phi) is 3.75. The van der Waals surface area contributed by atoms with Gasteiger partial charge in [-0.15, -0.1) is 11.3 Å². The van der Waals surface area contributed by atoms with E-state index in [1.54, 1.807) is 29.4 Å². The summed E-state index contributed by atoms with van der Waals surface area (Å²) in [6.45, 7) is 1.14. The van der Waals surface area contributed by atoms with Crippen LogP contribution in [-0.4, -0.2) is 33.8 Å². The summed E-state index contributed by atoms with van der Waals surface area (Å²) in [5.74, 6) is 2.00. The zero-order chi connectivity index (χ0) is 14.2. The van der Waals surface area contributed by atoms with Gasteiger partial charge >= 0.3 is 0 Å². The van der Waals surface area contributed by atoms with Crippen LogP contribution < -0.4 is 4.90 Å². The number of thiazole rings is 1. The molecule has 21 heavy (non-hydrogen) atoms. The third kappa shape index (κ3) is 2.42. The van der Waals surface area contributed by atoms with Gasteiger partial charge in [0.05, 0.1) is 0 Å². The standard InChI is InChI=1S/C15H20N4S2/c1-20-15-18-13-12(21-15)14(17-9-16-13)19-8-4-6-10-5-2-3-7-11(10)19/h9-11H,2-8H2,1H3. The summed E-state index contributed by atoms with van der Waals surface area (Å²) >= 11 is 3.44. The Morgan fingerprint density at radius 1 is 1.19 bits per heavy atom. The molecule has 3 heterocycles. The van der Waals surface area contributed by atoms with Gasteiger partial charge in [0.1, 0.15) is 11.0 Å². The highest BCUT2D eigenvalue weighted by molar-refractivity contribution is 8.00. The third-order valence-electron chi connectivity index (χ3n) is 4.84. The van der Waals surface area contributed by atoms with Crippen molar-refractivity contribution in [2.45, 2.75) is 48.9 Å². The molecule has 2 unspecified atom stereocenters. The van der Waals surface area contributed by atoms with Gasteiger partial charge in [-0.05, 0) is 37.9 Å². The molecule has 0 amide bonds. The zero-order valence-corrected chi connectivity index (χ0v) is 13.9. The van der Waals surface area contributed by atoms with Crippen LogP contribution in [0.3, 0.4) is 0 Å². The number of thioether (sulfide) groups is 1. The van der Waals surface area contributed by atoms with Gasteiger partial charge in [-0.3, -0.25) is 0 Å². The minimum Gasteiger partial charge on any atom is -0.352 e. The summed E-state index contributed by atoms with van der Waals surface area (Å²) in [6.07, 6.45) is 11.9. The Hall–Kier alpha value is -0.880. The Balaban J connectivity index is 1.75. The highest BCUT2D eigenvalue weighted by Crippen LogP contribution is 2.40. The first kappa shape index (κ1) is 13.8. The van der Waals surface area contributed by atoms with Crippen molar-refractivity contribution < 1.29 is 0 Å². The molecule has 1 aliphatic heterocycles. The molecule has 2 aliphatic rings. The maximum atomic E-state index is 4.65. The first-order valence-electron chi connectivity index (χ1n) is 7.79. The second-order valence-electron chi connectivity index (χ2n) is 5.98. The van der Waals surface area contributed by atoms with Crippen molar-refractivity contribution in [1.82, 2.24) is 15.0 Å². The van der Waals surface area contributed by atoms with Crippen molar-refractivity contribution in [2.75, 3.05) is 17.7 Å². The molecule has 0 N–H and O–H groups in total. The Bertz CT molecular complexity index is 640. The number of rotatable bonds is 2. The quantitative estimate of drug-likeness (QED) is 0.783. The average Bonchev–Trinajstić information content (AvgIpc) is 2.97. The van der Waals surface area contributed by atoms with E-state index in [1.807, 2.05) is 0 Å². The number of piperidine rings is 1. The highest BCUT2D eigenvalue weighted by Gasteiger charge is 2.34. The molecule has 1 aliphatic carbocycles. The van der Waals surface area contributed by atoms with Crippen molar-refractivity contribution in [3.63, 3.8) is 0 Å². The van der Waals surface area contributed by atoms with E-state index >= 15 is 0 Å². The lowest BCUT2D eigenvalue weighted by atomic mass is 9.78. The summed E-state index contributed by atoms with van der Waals surface area (Å²) in [5.41, 5.74) is 0.868. The minimum absolute atomic E-state index is 0.686. The maximum Gasteiger partial charge on any atom is 0.176 e. The monoisotopic (exact) mass is 320 g/mol.